The molecule has 0 aliphatic carbocycles. The minimum absolute atomic E-state index is 0.147. The predicted molar refractivity (Wildman–Crippen MR) is 84.7 cm³/mol. The number of rotatable bonds is 4. The van der Waals surface area contributed by atoms with Crippen molar-refractivity contribution in [2.75, 3.05) is 24.3 Å². The van der Waals surface area contributed by atoms with Crippen molar-refractivity contribution < 1.29 is 4.39 Å². The fourth-order valence-electron chi connectivity index (χ4n) is 2.05. The quantitative estimate of drug-likeness (QED) is 0.905. The number of anilines is 2. The van der Waals surface area contributed by atoms with Crippen molar-refractivity contribution >= 4 is 27.3 Å². The smallest absolute Gasteiger partial charge is 0.129 e. The number of nitrogens with one attached hydrogen (secondary N) is 1. The molecule has 0 amide bonds. The summed E-state index contributed by atoms with van der Waals surface area (Å²) in [6.07, 6.45) is 3.49. The lowest BCUT2D eigenvalue weighted by molar-refractivity contribution is 0.599. The average molecular weight is 338 g/mol. The number of pyridine rings is 1. The van der Waals surface area contributed by atoms with Crippen molar-refractivity contribution in [1.29, 1.82) is 0 Å². The molecule has 5 heteroatoms. The molecule has 0 saturated carbocycles. The van der Waals surface area contributed by atoms with Gasteiger partial charge in [-0.25, -0.2) is 4.39 Å². The average Bonchev–Trinajstić information content (AvgIpc) is 2.38. The van der Waals surface area contributed by atoms with Gasteiger partial charge in [-0.3, -0.25) is 4.98 Å². The summed E-state index contributed by atoms with van der Waals surface area (Å²) in [4.78, 5) is 6.12. The molecule has 0 spiro atoms. The van der Waals surface area contributed by atoms with E-state index in [-0.39, 0.29) is 11.9 Å². The van der Waals surface area contributed by atoms with E-state index in [0.29, 0.717) is 5.56 Å². The van der Waals surface area contributed by atoms with E-state index in [2.05, 4.69) is 26.2 Å². The molecule has 1 atom stereocenters. The SMILES string of the molecule is CC(Nc1cnccc1N(C)C)c1ccc(Br)cc1F. The van der Waals surface area contributed by atoms with E-state index in [9.17, 15) is 4.39 Å². The lowest BCUT2D eigenvalue weighted by Crippen LogP contribution is -2.15. The molecular formula is C15H17BrFN3. The van der Waals surface area contributed by atoms with Gasteiger partial charge in [0.15, 0.2) is 0 Å². The molecule has 0 fully saturated rings. The van der Waals surface area contributed by atoms with E-state index in [0.717, 1.165) is 15.8 Å². The van der Waals surface area contributed by atoms with Crippen LogP contribution in [0.5, 0.6) is 0 Å². The van der Waals surface area contributed by atoms with E-state index in [1.165, 1.54) is 6.07 Å². The summed E-state index contributed by atoms with van der Waals surface area (Å²) in [5.74, 6) is -0.227. The van der Waals surface area contributed by atoms with Gasteiger partial charge in [0, 0.05) is 30.3 Å². The highest BCUT2D eigenvalue weighted by Crippen LogP contribution is 2.28. The van der Waals surface area contributed by atoms with Gasteiger partial charge < -0.3 is 10.2 Å². The standard InChI is InChI=1S/C15H17BrFN3/c1-10(12-5-4-11(16)8-13(12)17)19-14-9-18-7-6-15(14)20(2)3/h4-10,19H,1-3H3. The molecule has 1 aromatic carbocycles. The molecule has 0 aliphatic rings. The Kier molecular flexibility index (Phi) is 4.60. The van der Waals surface area contributed by atoms with Crippen LogP contribution in [0.15, 0.2) is 41.1 Å². The fourth-order valence-corrected chi connectivity index (χ4v) is 2.39. The van der Waals surface area contributed by atoms with Crippen LogP contribution in [-0.2, 0) is 0 Å². The molecule has 3 nitrogen and oxygen atoms in total. The topological polar surface area (TPSA) is 28.2 Å². The van der Waals surface area contributed by atoms with Crippen LogP contribution in [0.3, 0.4) is 0 Å². The molecular weight excluding hydrogens is 321 g/mol. The van der Waals surface area contributed by atoms with Gasteiger partial charge in [-0.2, -0.15) is 0 Å². The number of hydrogen-bond donors (Lipinski definition) is 1. The van der Waals surface area contributed by atoms with Crippen molar-refractivity contribution in [2.45, 2.75) is 13.0 Å². The Hall–Kier alpha value is -1.62. The second-order valence-electron chi connectivity index (χ2n) is 4.82. The van der Waals surface area contributed by atoms with Crippen molar-refractivity contribution in [3.63, 3.8) is 0 Å². The summed E-state index contributed by atoms with van der Waals surface area (Å²) in [6.45, 7) is 1.93. The molecule has 106 valence electrons. The Morgan fingerprint density at radius 2 is 2.05 bits per heavy atom. The van der Waals surface area contributed by atoms with Crippen LogP contribution >= 0.6 is 15.9 Å². The Labute approximate surface area is 127 Å². The summed E-state index contributed by atoms with van der Waals surface area (Å²) in [6, 6.07) is 6.87. The lowest BCUT2D eigenvalue weighted by Gasteiger charge is -2.22. The zero-order valence-corrected chi connectivity index (χ0v) is 13.3. The van der Waals surface area contributed by atoms with Gasteiger partial charge in [0.25, 0.3) is 0 Å². The van der Waals surface area contributed by atoms with E-state index >= 15 is 0 Å². The van der Waals surface area contributed by atoms with Crippen molar-refractivity contribution in [2.24, 2.45) is 0 Å². The first-order valence-electron chi connectivity index (χ1n) is 6.32. The van der Waals surface area contributed by atoms with Crippen LogP contribution in [0, 0.1) is 5.82 Å². The van der Waals surface area contributed by atoms with Crippen LogP contribution in [0.2, 0.25) is 0 Å². The molecule has 0 bridgehead atoms. The zero-order chi connectivity index (χ0) is 14.7. The van der Waals surface area contributed by atoms with Crippen molar-refractivity contribution in [1.82, 2.24) is 4.98 Å². The Morgan fingerprint density at radius 1 is 1.30 bits per heavy atom. The molecule has 2 rings (SSSR count). The third-order valence-corrected chi connectivity index (χ3v) is 3.57. The first-order valence-corrected chi connectivity index (χ1v) is 7.11. The first-order chi connectivity index (χ1) is 9.49. The van der Waals surface area contributed by atoms with Crippen molar-refractivity contribution in [3.05, 3.63) is 52.5 Å². The van der Waals surface area contributed by atoms with Gasteiger partial charge in [-0.15, -0.1) is 0 Å². The molecule has 1 heterocycles. The monoisotopic (exact) mass is 337 g/mol. The summed E-state index contributed by atoms with van der Waals surface area (Å²) in [7, 11) is 3.93. The van der Waals surface area contributed by atoms with Crippen LogP contribution in [0.25, 0.3) is 0 Å². The highest BCUT2D eigenvalue weighted by molar-refractivity contribution is 9.10. The van der Waals surface area contributed by atoms with Crippen molar-refractivity contribution in [3.8, 4) is 0 Å². The Bertz CT molecular complexity index is 601. The number of hydrogen-bond acceptors (Lipinski definition) is 3. The van der Waals surface area contributed by atoms with E-state index in [4.69, 9.17) is 0 Å². The maximum absolute atomic E-state index is 14.0. The predicted octanol–water partition coefficient (Wildman–Crippen LogP) is 4.22. The minimum Gasteiger partial charge on any atom is -0.376 e. The molecule has 2 aromatic rings. The van der Waals surface area contributed by atoms with Gasteiger partial charge in [0.2, 0.25) is 0 Å². The maximum atomic E-state index is 14.0. The van der Waals surface area contributed by atoms with Gasteiger partial charge in [-0.05, 0) is 25.1 Å². The van der Waals surface area contributed by atoms with Crippen LogP contribution in [-0.4, -0.2) is 19.1 Å². The molecule has 20 heavy (non-hydrogen) atoms. The molecule has 0 saturated heterocycles. The highest BCUT2D eigenvalue weighted by atomic mass is 79.9. The minimum atomic E-state index is -0.227. The summed E-state index contributed by atoms with van der Waals surface area (Å²) in [5, 5.41) is 3.31. The van der Waals surface area contributed by atoms with Gasteiger partial charge in [0.1, 0.15) is 5.82 Å². The molecule has 1 N–H and O–H groups in total. The van der Waals surface area contributed by atoms with Crippen LogP contribution in [0.4, 0.5) is 15.8 Å². The number of benzene rings is 1. The summed E-state index contributed by atoms with van der Waals surface area (Å²) in [5.41, 5.74) is 2.53. The summed E-state index contributed by atoms with van der Waals surface area (Å²) < 4.78 is 14.7. The number of aromatic nitrogens is 1. The second-order valence-corrected chi connectivity index (χ2v) is 5.73. The Balaban J connectivity index is 2.26. The van der Waals surface area contributed by atoms with Gasteiger partial charge >= 0.3 is 0 Å². The normalized spacial score (nSPS) is 12.1. The lowest BCUT2D eigenvalue weighted by atomic mass is 10.1. The van der Waals surface area contributed by atoms with Gasteiger partial charge in [-0.1, -0.05) is 22.0 Å². The number of nitrogens with zero attached hydrogens (tertiary/aromatic N) is 2. The second kappa shape index (κ2) is 6.22. The van der Waals surface area contributed by atoms with E-state index in [1.807, 2.05) is 38.1 Å². The fraction of sp³-hybridized carbons (Fsp3) is 0.267. The summed E-state index contributed by atoms with van der Waals surface area (Å²) >= 11 is 3.27. The van der Waals surface area contributed by atoms with E-state index in [1.54, 1.807) is 18.5 Å². The van der Waals surface area contributed by atoms with E-state index < -0.39 is 0 Å². The third kappa shape index (κ3) is 3.28. The van der Waals surface area contributed by atoms with Gasteiger partial charge in [0.05, 0.1) is 23.6 Å². The molecule has 1 unspecified atom stereocenters. The van der Waals surface area contributed by atoms with Crippen LogP contribution < -0.4 is 10.2 Å². The zero-order valence-electron chi connectivity index (χ0n) is 11.7. The van der Waals surface area contributed by atoms with Crippen LogP contribution in [0.1, 0.15) is 18.5 Å². The number of halogens is 2. The molecule has 1 aromatic heterocycles. The molecule has 0 radical (unpaired) electrons. The third-order valence-electron chi connectivity index (χ3n) is 3.08. The first kappa shape index (κ1) is 14.8. The maximum Gasteiger partial charge on any atom is 0.129 e. The molecule has 0 aliphatic heterocycles. The highest BCUT2D eigenvalue weighted by Gasteiger charge is 2.13. The Morgan fingerprint density at radius 3 is 2.70 bits per heavy atom. The largest absolute Gasteiger partial charge is 0.376 e.